The first-order valence-electron chi connectivity index (χ1n) is 6.93. The van der Waals surface area contributed by atoms with E-state index in [1.165, 1.54) is 5.56 Å². The average molecular weight is 259 g/mol. The first-order chi connectivity index (χ1) is 9.35. The SMILES string of the molecule is [C-]#[N+]C1(CCCOCc2ccccc2)CCOCC1. The van der Waals surface area contributed by atoms with Crippen molar-refractivity contribution in [2.45, 2.75) is 37.8 Å². The molecule has 1 aliphatic heterocycles. The Morgan fingerprint density at radius 3 is 2.63 bits per heavy atom. The Kier molecular flexibility index (Phi) is 5.38. The van der Waals surface area contributed by atoms with Gasteiger partial charge in [0.15, 0.2) is 0 Å². The Hall–Kier alpha value is -1.37. The molecule has 0 aliphatic carbocycles. The summed E-state index contributed by atoms with van der Waals surface area (Å²) in [5.41, 5.74) is 1.02. The maximum absolute atomic E-state index is 7.39. The largest absolute Gasteiger partial charge is 0.381 e. The second-order valence-corrected chi connectivity index (χ2v) is 5.09. The lowest BCUT2D eigenvalue weighted by atomic mass is 9.86. The minimum Gasteiger partial charge on any atom is -0.381 e. The highest BCUT2D eigenvalue weighted by atomic mass is 16.5. The van der Waals surface area contributed by atoms with Crippen LogP contribution in [0.15, 0.2) is 30.3 Å². The molecule has 1 aromatic carbocycles. The molecule has 0 bridgehead atoms. The molecule has 0 saturated carbocycles. The van der Waals surface area contributed by atoms with Gasteiger partial charge in [0.2, 0.25) is 5.54 Å². The molecule has 1 aliphatic rings. The molecule has 1 fully saturated rings. The van der Waals surface area contributed by atoms with E-state index in [-0.39, 0.29) is 5.54 Å². The molecular weight excluding hydrogens is 238 g/mol. The Balaban J connectivity index is 1.65. The second kappa shape index (κ2) is 7.28. The van der Waals surface area contributed by atoms with E-state index in [0.717, 1.165) is 45.5 Å². The van der Waals surface area contributed by atoms with Gasteiger partial charge < -0.3 is 14.3 Å². The highest BCUT2D eigenvalue weighted by Gasteiger charge is 2.37. The molecular formula is C16H21NO2. The van der Waals surface area contributed by atoms with Crippen molar-refractivity contribution in [1.29, 1.82) is 0 Å². The monoisotopic (exact) mass is 259 g/mol. The molecule has 0 amide bonds. The van der Waals surface area contributed by atoms with E-state index in [1.54, 1.807) is 0 Å². The van der Waals surface area contributed by atoms with Gasteiger partial charge in [0.05, 0.1) is 19.8 Å². The van der Waals surface area contributed by atoms with Crippen LogP contribution in [-0.4, -0.2) is 25.4 Å². The van der Waals surface area contributed by atoms with Crippen molar-refractivity contribution in [3.05, 3.63) is 47.3 Å². The van der Waals surface area contributed by atoms with Crippen molar-refractivity contribution in [2.24, 2.45) is 0 Å². The van der Waals surface area contributed by atoms with Gasteiger partial charge in [-0.15, -0.1) is 0 Å². The summed E-state index contributed by atoms with van der Waals surface area (Å²) in [4.78, 5) is 3.85. The molecule has 0 atom stereocenters. The first-order valence-corrected chi connectivity index (χ1v) is 6.93. The zero-order valence-electron chi connectivity index (χ0n) is 11.3. The lowest BCUT2D eigenvalue weighted by Crippen LogP contribution is -2.33. The molecule has 0 radical (unpaired) electrons. The molecule has 19 heavy (non-hydrogen) atoms. The maximum Gasteiger partial charge on any atom is 0.237 e. The van der Waals surface area contributed by atoms with Crippen LogP contribution in [-0.2, 0) is 16.1 Å². The van der Waals surface area contributed by atoms with Gasteiger partial charge in [0.25, 0.3) is 0 Å². The fourth-order valence-corrected chi connectivity index (χ4v) is 2.44. The standard InChI is InChI=1S/C16H21NO2/c1-17-16(9-12-18-13-10-16)8-5-11-19-14-15-6-3-2-4-7-15/h2-4,6-7H,5,8-14H2. The van der Waals surface area contributed by atoms with E-state index in [1.807, 2.05) is 18.2 Å². The van der Waals surface area contributed by atoms with Gasteiger partial charge in [-0.2, -0.15) is 0 Å². The normalized spacial score (nSPS) is 17.8. The quantitative estimate of drug-likeness (QED) is 0.577. The Labute approximate surface area is 115 Å². The van der Waals surface area contributed by atoms with E-state index >= 15 is 0 Å². The third-order valence-corrected chi connectivity index (χ3v) is 3.70. The number of hydrogen-bond acceptors (Lipinski definition) is 2. The van der Waals surface area contributed by atoms with Gasteiger partial charge in [0.1, 0.15) is 0 Å². The Morgan fingerprint density at radius 2 is 1.95 bits per heavy atom. The zero-order chi connectivity index (χ0) is 13.4. The van der Waals surface area contributed by atoms with E-state index < -0.39 is 0 Å². The van der Waals surface area contributed by atoms with Crippen LogP contribution in [0, 0.1) is 6.57 Å². The van der Waals surface area contributed by atoms with Gasteiger partial charge in [-0.25, -0.2) is 6.57 Å². The smallest absolute Gasteiger partial charge is 0.237 e. The van der Waals surface area contributed by atoms with Crippen molar-refractivity contribution < 1.29 is 9.47 Å². The number of nitrogens with zero attached hydrogens (tertiary/aromatic N) is 1. The summed E-state index contributed by atoms with van der Waals surface area (Å²) >= 11 is 0. The summed E-state index contributed by atoms with van der Waals surface area (Å²) in [6.45, 7) is 10.2. The van der Waals surface area contributed by atoms with Crippen LogP contribution in [0.5, 0.6) is 0 Å². The van der Waals surface area contributed by atoms with Crippen LogP contribution in [0.25, 0.3) is 4.85 Å². The fraction of sp³-hybridized carbons (Fsp3) is 0.562. The third-order valence-electron chi connectivity index (χ3n) is 3.70. The molecule has 3 heteroatoms. The van der Waals surface area contributed by atoms with Gasteiger partial charge in [-0.3, -0.25) is 0 Å². The molecule has 102 valence electrons. The maximum atomic E-state index is 7.39. The Morgan fingerprint density at radius 1 is 1.21 bits per heavy atom. The van der Waals surface area contributed by atoms with Crippen molar-refractivity contribution in [1.82, 2.24) is 0 Å². The van der Waals surface area contributed by atoms with Crippen LogP contribution in [0.3, 0.4) is 0 Å². The van der Waals surface area contributed by atoms with Crippen molar-refractivity contribution in [2.75, 3.05) is 19.8 Å². The third kappa shape index (κ3) is 4.34. The fourth-order valence-electron chi connectivity index (χ4n) is 2.44. The summed E-state index contributed by atoms with van der Waals surface area (Å²) in [5, 5.41) is 0. The Bertz CT molecular complexity index is 405. The summed E-state index contributed by atoms with van der Waals surface area (Å²) in [5.74, 6) is 0. The molecule has 2 rings (SSSR count). The topological polar surface area (TPSA) is 22.8 Å². The molecule has 1 saturated heterocycles. The second-order valence-electron chi connectivity index (χ2n) is 5.09. The zero-order valence-corrected chi connectivity index (χ0v) is 11.3. The predicted molar refractivity (Wildman–Crippen MR) is 74.7 cm³/mol. The number of hydrogen-bond donors (Lipinski definition) is 0. The van der Waals surface area contributed by atoms with Crippen molar-refractivity contribution >= 4 is 0 Å². The minimum absolute atomic E-state index is 0.186. The summed E-state index contributed by atoms with van der Waals surface area (Å²) < 4.78 is 11.0. The van der Waals surface area contributed by atoms with Crippen LogP contribution in [0.2, 0.25) is 0 Å². The lowest BCUT2D eigenvalue weighted by molar-refractivity contribution is 0.0557. The summed E-state index contributed by atoms with van der Waals surface area (Å²) in [6.07, 6.45) is 3.62. The van der Waals surface area contributed by atoms with Crippen LogP contribution in [0.1, 0.15) is 31.2 Å². The molecule has 0 aromatic heterocycles. The minimum atomic E-state index is -0.186. The van der Waals surface area contributed by atoms with Gasteiger partial charge in [-0.05, 0) is 12.0 Å². The molecule has 0 spiro atoms. The highest BCUT2D eigenvalue weighted by molar-refractivity contribution is 5.13. The van der Waals surface area contributed by atoms with Crippen molar-refractivity contribution in [3.8, 4) is 0 Å². The lowest BCUT2D eigenvalue weighted by Gasteiger charge is -2.26. The van der Waals surface area contributed by atoms with Crippen LogP contribution in [0.4, 0.5) is 0 Å². The van der Waals surface area contributed by atoms with E-state index in [4.69, 9.17) is 16.0 Å². The molecule has 1 heterocycles. The number of benzene rings is 1. The van der Waals surface area contributed by atoms with E-state index in [0.29, 0.717) is 6.61 Å². The van der Waals surface area contributed by atoms with Gasteiger partial charge in [-0.1, -0.05) is 30.3 Å². The van der Waals surface area contributed by atoms with E-state index in [9.17, 15) is 0 Å². The average Bonchev–Trinajstić information content (AvgIpc) is 2.49. The first kappa shape index (κ1) is 14.0. The highest BCUT2D eigenvalue weighted by Crippen LogP contribution is 2.30. The van der Waals surface area contributed by atoms with E-state index in [2.05, 4.69) is 17.0 Å². The van der Waals surface area contributed by atoms with Crippen LogP contribution < -0.4 is 0 Å². The van der Waals surface area contributed by atoms with Crippen LogP contribution >= 0.6 is 0 Å². The van der Waals surface area contributed by atoms with Gasteiger partial charge >= 0.3 is 0 Å². The summed E-state index contributed by atoms with van der Waals surface area (Å²) in [6, 6.07) is 10.2. The predicted octanol–water partition coefficient (Wildman–Crippen LogP) is 3.45. The van der Waals surface area contributed by atoms with Gasteiger partial charge in [0, 0.05) is 25.9 Å². The number of ether oxygens (including phenoxy) is 2. The number of rotatable bonds is 6. The molecule has 0 N–H and O–H groups in total. The molecule has 1 aromatic rings. The van der Waals surface area contributed by atoms with Crippen molar-refractivity contribution in [3.63, 3.8) is 0 Å². The molecule has 3 nitrogen and oxygen atoms in total. The summed E-state index contributed by atoms with van der Waals surface area (Å²) in [7, 11) is 0. The molecule has 0 unspecified atom stereocenters.